The molecule has 2 aromatic carbocycles. The van der Waals surface area contributed by atoms with E-state index in [0.717, 1.165) is 10.2 Å². The second-order valence-corrected chi connectivity index (χ2v) is 6.80. The number of ether oxygens (including phenoxy) is 1. The summed E-state index contributed by atoms with van der Waals surface area (Å²) in [6.45, 7) is 1.07. The van der Waals surface area contributed by atoms with E-state index in [2.05, 4.69) is 5.10 Å². The summed E-state index contributed by atoms with van der Waals surface area (Å²) in [5.41, 5.74) is 1.18. The fourth-order valence-electron chi connectivity index (χ4n) is 3.35. The fourth-order valence-corrected chi connectivity index (χ4v) is 3.35. The Bertz CT molecular complexity index is 1070. The quantitative estimate of drug-likeness (QED) is 0.684. The summed E-state index contributed by atoms with van der Waals surface area (Å²) in [5.74, 6) is -0.662. The van der Waals surface area contributed by atoms with Crippen molar-refractivity contribution in [3.8, 4) is 11.3 Å². The van der Waals surface area contributed by atoms with E-state index in [-0.39, 0.29) is 24.1 Å². The summed E-state index contributed by atoms with van der Waals surface area (Å²) in [6.07, 6.45) is -0.205. The maximum atomic E-state index is 14.0. The third kappa shape index (κ3) is 4.25. The highest BCUT2D eigenvalue weighted by molar-refractivity contribution is 5.76. The molecule has 0 saturated carbocycles. The van der Waals surface area contributed by atoms with E-state index in [1.165, 1.54) is 18.2 Å². The molecular formula is C22H20FN3O3. The van der Waals surface area contributed by atoms with Gasteiger partial charge in [-0.15, -0.1) is 0 Å². The predicted molar refractivity (Wildman–Crippen MR) is 106 cm³/mol. The molecular weight excluding hydrogens is 373 g/mol. The third-order valence-electron chi connectivity index (χ3n) is 4.89. The first-order valence-electron chi connectivity index (χ1n) is 9.39. The topological polar surface area (TPSA) is 64.4 Å². The van der Waals surface area contributed by atoms with Gasteiger partial charge in [0.25, 0.3) is 5.56 Å². The van der Waals surface area contributed by atoms with Crippen LogP contribution in [0.1, 0.15) is 11.7 Å². The number of aromatic nitrogens is 2. The van der Waals surface area contributed by atoms with Gasteiger partial charge in [-0.1, -0.05) is 42.5 Å². The molecule has 1 atom stereocenters. The van der Waals surface area contributed by atoms with Crippen molar-refractivity contribution in [1.82, 2.24) is 14.7 Å². The number of nitrogens with zero attached hydrogens (tertiary/aromatic N) is 3. The van der Waals surface area contributed by atoms with Gasteiger partial charge in [0.15, 0.2) is 0 Å². The Hall–Kier alpha value is -3.32. The number of morpholine rings is 1. The zero-order valence-electron chi connectivity index (χ0n) is 15.7. The van der Waals surface area contributed by atoms with Gasteiger partial charge in [-0.25, -0.2) is 9.07 Å². The third-order valence-corrected chi connectivity index (χ3v) is 4.89. The van der Waals surface area contributed by atoms with Crippen LogP contribution < -0.4 is 5.56 Å². The minimum absolute atomic E-state index is 0.205. The minimum Gasteiger partial charge on any atom is -0.370 e. The van der Waals surface area contributed by atoms with Gasteiger partial charge >= 0.3 is 0 Å². The Morgan fingerprint density at radius 3 is 2.62 bits per heavy atom. The van der Waals surface area contributed by atoms with Gasteiger partial charge in [0.1, 0.15) is 18.5 Å². The number of hydrogen-bond donors (Lipinski definition) is 0. The predicted octanol–water partition coefficient (Wildman–Crippen LogP) is 2.65. The van der Waals surface area contributed by atoms with Crippen LogP contribution in [0.2, 0.25) is 0 Å². The number of hydrogen-bond acceptors (Lipinski definition) is 4. The highest BCUT2D eigenvalue weighted by Gasteiger charge is 2.25. The van der Waals surface area contributed by atoms with E-state index < -0.39 is 11.4 Å². The van der Waals surface area contributed by atoms with Crippen molar-refractivity contribution in [3.05, 3.63) is 88.5 Å². The van der Waals surface area contributed by atoms with Gasteiger partial charge in [0.2, 0.25) is 5.91 Å². The smallest absolute Gasteiger partial charge is 0.267 e. The Labute approximate surface area is 167 Å². The molecule has 7 heteroatoms. The number of amides is 1. The van der Waals surface area contributed by atoms with Crippen LogP contribution >= 0.6 is 0 Å². The largest absolute Gasteiger partial charge is 0.370 e. The molecule has 1 fully saturated rings. The monoisotopic (exact) mass is 393 g/mol. The first-order valence-corrected chi connectivity index (χ1v) is 9.39. The highest BCUT2D eigenvalue weighted by Crippen LogP contribution is 2.22. The Morgan fingerprint density at radius 2 is 1.83 bits per heavy atom. The summed E-state index contributed by atoms with van der Waals surface area (Å²) < 4.78 is 20.9. The van der Waals surface area contributed by atoms with E-state index in [1.54, 1.807) is 23.1 Å². The second kappa shape index (κ2) is 8.36. The number of benzene rings is 2. The highest BCUT2D eigenvalue weighted by atomic mass is 19.1. The molecule has 4 rings (SSSR count). The van der Waals surface area contributed by atoms with Crippen molar-refractivity contribution in [2.75, 3.05) is 19.7 Å². The van der Waals surface area contributed by atoms with Crippen molar-refractivity contribution >= 4 is 5.91 Å². The van der Waals surface area contributed by atoms with Crippen LogP contribution in [0.15, 0.2) is 71.5 Å². The van der Waals surface area contributed by atoms with Crippen LogP contribution in [-0.2, 0) is 16.1 Å². The van der Waals surface area contributed by atoms with Crippen molar-refractivity contribution in [3.63, 3.8) is 0 Å². The molecule has 1 saturated heterocycles. The lowest BCUT2D eigenvalue weighted by molar-refractivity contribution is -0.139. The summed E-state index contributed by atoms with van der Waals surface area (Å²) >= 11 is 0. The van der Waals surface area contributed by atoms with E-state index in [0.29, 0.717) is 25.4 Å². The standard InChI is InChI=1S/C22H20FN3O3/c23-18-9-5-4-8-17(18)19-10-11-21(27)26(24-19)15-22(28)25-12-13-29-20(14-25)16-6-2-1-3-7-16/h1-11,20H,12-15H2. The number of carbonyl (C=O) groups excluding carboxylic acids is 1. The SMILES string of the molecule is O=C(Cn1nc(-c2ccccc2F)ccc1=O)N1CCOC(c2ccccc2)C1. The molecule has 0 radical (unpaired) electrons. The van der Waals surface area contributed by atoms with Crippen LogP contribution in [0.25, 0.3) is 11.3 Å². The molecule has 0 spiro atoms. The molecule has 1 amide bonds. The Morgan fingerprint density at radius 1 is 1.07 bits per heavy atom. The van der Waals surface area contributed by atoms with Crippen LogP contribution in [0.5, 0.6) is 0 Å². The minimum atomic E-state index is -0.435. The molecule has 2 heterocycles. The van der Waals surface area contributed by atoms with Gasteiger partial charge in [0, 0.05) is 18.2 Å². The van der Waals surface area contributed by atoms with E-state index >= 15 is 0 Å². The molecule has 6 nitrogen and oxygen atoms in total. The molecule has 148 valence electrons. The van der Waals surface area contributed by atoms with E-state index in [9.17, 15) is 14.0 Å². The van der Waals surface area contributed by atoms with E-state index in [1.807, 2.05) is 30.3 Å². The summed E-state index contributed by atoms with van der Waals surface area (Å²) in [6, 6.07) is 18.7. The van der Waals surface area contributed by atoms with Gasteiger partial charge in [0.05, 0.1) is 18.8 Å². The fraction of sp³-hybridized carbons (Fsp3) is 0.227. The van der Waals surface area contributed by atoms with Gasteiger partial charge < -0.3 is 9.64 Å². The molecule has 1 aromatic heterocycles. The average Bonchev–Trinajstić information content (AvgIpc) is 2.76. The van der Waals surface area contributed by atoms with Crippen molar-refractivity contribution in [2.45, 2.75) is 12.6 Å². The van der Waals surface area contributed by atoms with Gasteiger partial charge in [-0.05, 0) is 23.8 Å². The molecule has 0 aliphatic carbocycles. The lowest BCUT2D eigenvalue weighted by Crippen LogP contribution is -2.44. The second-order valence-electron chi connectivity index (χ2n) is 6.80. The van der Waals surface area contributed by atoms with Crippen molar-refractivity contribution in [1.29, 1.82) is 0 Å². The van der Waals surface area contributed by atoms with Crippen LogP contribution in [0, 0.1) is 5.82 Å². The summed E-state index contributed by atoms with van der Waals surface area (Å²) in [7, 11) is 0. The maximum absolute atomic E-state index is 14.0. The zero-order chi connectivity index (χ0) is 20.2. The Kier molecular flexibility index (Phi) is 5.48. The van der Waals surface area contributed by atoms with Crippen molar-refractivity contribution in [2.24, 2.45) is 0 Å². The molecule has 1 unspecified atom stereocenters. The molecule has 0 N–H and O–H groups in total. The molecule has 1 aliphatic rings. The van der Waals surface area contributed by atoms with Crippen molar-refractivity contribution < 1.29 is 13.9 Å². The summed E-state index contributed by atoms with van der Waals surface area (Å²) in [4.78, 5) is 26.7. The zero-order valence-corrected chi connectivity index (χ0v) is 15.7. The Balaban J connectivity index is 1.52. The molecule has 3 aromatic rings. The lowest BCUT2D eigenvalue weighted by Gasteiger charge is -2.33. The first-order chi connectivity index (χ1) is 14.1. The van der Waals surface area contributed by atoms with Gasteiger partial charge in [-0.2, -0.15) is 5.10 Å². The van der Waals surface area contributed by atoms with Crippen LogP contribution in [0.4, 0.5) is 4.39 Å². The maximum Gasteiger partial charge on any atom is 0.267 e. The molecule has 29 heavy (non-hydrogen) atoms. The van der Waals surface area contributed by atoms with Gasteiger partial charge in [-0.3, -0.25) is 9.59 Å². The number of rotatable bonds is 4. The molecule has 0 bridgehead atoms. The first kappa shape index (κ1) is 19.0. The lowest BCUT2D eigenvalue weighted by atomic mass is 10.1. The summed E-state index contributed by atoms with van der Waals surface area (Å²) in [5, 5.41) is 4.20. The van der Waals surface area contributed by atoms with Crippen LogP contribution in [0.3, 0.4) is 0 Å². The normalized spacial score (nSPS) is 16.6. The average molecular weight is 393 g/mol. The van der Waals surface area contributed by atoms with Crippen LogP contribution in [-0.4, -0.2) is 40.3 Å². The molecule has 1 aliphatic heterocycles. The number of halogens is 1. The van der Waals surface area contributed by atoms with E-state index in [4.69, 9.17) is 4.74 Å². The number of carbonyl (C=O) groups is 1.